The van der Waals surface area contributed by atoms with Gasteiger partial charge >= 0.3 is 0 Å². The van der Waals surface area contributed by atoms with E-state index >= 15 is 0 Å². The highest BCUT2D eigenvalue weighted by Crippen LogP contribution is 2.34. The summed E-state index contributed by atoms with van der Waals surface area (Å²) in [4.78, 5) is 22.6. The van der Waals surface area contributed by atoms with Crippen molar-refractivity contribution in [2.24, 2.45) is 5.92 Å². The third-order valence-corrected chi connectivity index (χ3v) is 3.62. The van der Waals surface area contributed by atoms with E-state index < -0.39 is 6.10 Å². The van der Waals surface area contributed by atoms with Gasteiger partial charge in [-0.1, -0.05) is 11.6 Å². The standard InChI is InChI=1S/C15H19NO4/c1-8-3-9(2)15(20)11(4-8)12(17)5-10-6-13(18)16-14(19)7-10/h3-4,10,12,17,20H,5-7H2,1-2H3,(H,16,18,19). The average molecular weight is 277 g/mol. The highest BCUT2D eigenvalue weighted by molar-refractivity contribution is 5.97. The fourth-order valence-corrected chi connectivity index (χ4v) is 2.71. The maximum Gasteiger partial charge on any atom is 0.226 e. The Labute approximate surface area is 117 Å². The molecule has 1 aromatic carbocycles. The van der Waals surface area contributed by atoms with Crippen LogP contribution >= 0.6 is 0 Å². The van der Waals surface area contributed by atoms with Gasteiger partial charge in [-0.25, -0.2) is 0 Å². The molecule has 1 aliphatic heterocycles. The Morgan fingerprint density at radius 3 is 2.45 bits per heavy atom. The number of aliphatic hydroxyl groups excluding tert-OH is 1. The summed E-state index contributed by atoms with van der Waals surface area (Å²) in [5.74, 6) is -0.715. The van der Waals surface area contributed by atoms with Crippen LogP contribution in [0.5, 0.6) is 5.75 Å². The van der Waals surface area contributed by atoms with Gasteiger partial charge < -0.3 is 10.2 Å². The van der Waals surface area contributed by atoms with Crippen LogP contribution in [-0.4, -0.2) is 22.0 Å². The number of aryl methyl sites for hydroxylation is 2. The van der Waals surface area contributed by atoms with Gasteiger partial charge in [0.05, 0.1) is 6.10 Å². The van der Waals surface area contributed by atoms with Crippen LogP contribution in [0.25, 0.3) is 0 Å². The maximum atomic E-state index is 11.3. The van der Waals surface area contributed by atoms with E-state index in [0.29, 0.717) is 11.1 Å². The molecular formula is C15H19NO4. The molecule has 0 spiro atoms. The lowest BCUT2D eigenvalue weighted by molar-refractivity contribution is -0.135. The van der Waals surface area contributed by atoms with Crippen LogP contribution in [-0.2, 0) is 9.59 Å². The lowest BCUT2D eigenvalue weighted by Crippen LogP contribution is -2.38. The zero-order chi connectivity index (χ0) is 14.9. The van der Waals surface area contributed by atoms with E-state index in [0.717, 1.165) is 5.56 Å². The summed E-state index contributed by atoms with van der Waals surface area (Å²) in [6, 6.07) is 3.57. The molecule has 1 aromatic rings. The molecule has 108 valence electrons. The number of phenolic OH excluding ortho intramolecular Hbond substituents is 1. The molecule has 0 aromatic heterocycles. The molecule has 1 fully saturated rings. The van der Waals surface area contributed by atoms with Gasteiger partial charge in [-0.05, 0) is 37.8 Å². The summed E-state index contributed by atoms with van der Waals surface area (Å²) in [6.07, 6.45) is -0.129. The smallest absolute Gasteiger partial charge is 0.226 e. The predicted molar refractivity (Wildman–Crippen MR) is 73.0 cm³/mol. The van der Waals surface area contributed by atoms with E-state index in [1.165, 1.54) is 0 Å². The molecule has 0 saturated carbocycles. The normalized spacial score (nSPS) is 17.9. The number of rotatable bonds is 3. The molecule has 0 radical (unpaired) electrons. The Balaban J connectivity index is 2.14. The van der Waals surface area contributed by atoms with Crippen molar-refractivity contribution in [3.63, 3.8) is 0 Å². The minimum Gasteiger partial charge on any atom is -0.507 e. The zero-order valence-corrected chi connectivity index (χ0v) is 11.6. The summed E-state index contributed by atoms with van der Waals surface area (Å²) >= 11 is 0. The summed E-state index contributed by atoms with van der Waals surface area (Å²) in [6.45, 7) is 3.66. The number of imide groups is 1. The molecule has 1 heterocycles. The number of carbonyl (C=O) groups is 2. The van der Waals surface area contributed by atoms with Crippen LogP contribution in [0.15, 0.2) is 12.1 Å². The van der Waals surface area contributed by atoms with Crippen molar-refractivity contribution in [2.45, 2.75) is 39.2 Å². The number of aliphatic hydroxyl groups is 1. The van der Waals surface area contributed by atoms with Gasteiger partial charge in [0.25, 0.3) is 0 Å². The third-order valence-electron chi connectivity index (χ3n) is 3.62. The van der Waals surface area contributed by atoms with E-state index in [1.54, 1.807) is 13.0 Å². The largest absolute Gasteiger partial charge is 0.507 e. The van der Waals surface area contributed by atoms with Crippen molar-refractivity contribution < 1.29 is 19.8 Å². The molecule has 1 aliphatic rings. The summed E-state index contributed by atoms with van der Waals surface area (Å²) < 4.78 is 0. The molecule has 5 nitrogen and oxygen atoms in total. The molecule has 1 atom stereocenters. The van der Waals surface area contributed by atoms with E-state index in [-0.39, 0.29) is 42.7 Å². The SMILES string of the molecule is Cc1cc(C)c(O)c(C(O)CC2CC(=O)NC(=O)C2)c1. The molecule has 5 heteroatoms. The topological polar surface area (TPSA) is 86.6 Å². The Morgan fingerprint density at radius 2 is 1.85 bits per heavy atom. The van der Waals surface area contributed by atoms with E-state index in [4.69, 9.17) is 0 Å². The number of hydrogen-bond donors (Lipinski definition) is 3. The Bertz CT molecular complexity index is 537. The molecule has 1 saturated heterocycles. The van der Waals surface area contributed by atoms with Gasteiger partial charge in [0.1, 0.15) is 5.75 Å². The van der Waals surface area contributed by atoms with Crippen molar-refractivity contribution in [3.05, 3.63) is 28.8 Å². The molecule has 0 bridgehead atoms. The molecule has 20 heavy (non-hydrogen) atoms. The van der Waals surface area contributed by atoms with Crippen molar-refractivity contribution in [1.82, 2.24) is 5.32 Å². The van der Waals surface area contributed by atoms with Gasteiger partial charge in [0.2, 0.25) is 11.8 Å². The first-order valence-electron chi connectivity index (χ1n) is 6.67. The second kappa shape index (κ2) is 5.63. The number of benzene rings is 1. The number of carbonyl (C=O) groups excluding carboxylic acids is 2. The van der Waals surface area contributed by atoms with E-state index in [1.807, 2.05) is 13.0 Å². The number of piperidine rings is 1. The number of aromatic hydroxyl groups is 1. The monoisotopic (exact) mass is 277 g/mol. The van der Waals surface area contributed by atoms with Crippen LogP contribution in [0.2, 0.25) is 0 Å². The molecule has 0 aliphatic carbocycles. The summed E-state index contributed by atoms with van der Waals surface area (Å²) in [7, 11) is 0. The number of amides is 2. The summed E-state index contributed by atoms with van der Waals surface area (Å²) in [5.41, 5.74) is 2.12. The minimum absolute atomic E-state index is 0.0784. The molecule has 2 amide bonds. The van der Waals surface area contributed by atoms with E-state index in [2.05, 4.69) is 5.32 Å². The van der Waals surface area contributed by atoms with Crippen molar-refractivity contribution >= 4 is 11.8 Å². The lowest BCUT2D eigenvalue weighted by Gasteiger charge is -2.24. The Kier molecular flexibility index (Phi) is 4.09. The second-order valence-corrected chi connectivity index (χ2v) is 5.52. The lowest BCUT2D eigenvalue weighted by atomic mass is 9.88. The highest BCUT2D eigenvalue weighted by atomic mass is 16.3. The first kappa shape index (κ1) is 14.5. The second-order valence-electron chi connectivity index (χ2n) is 5.52. The van der Waals surface area contributed by atoms with E-state index in [9.17, 15) is 19.8 Å². The van der Waals surface area contributed by atoms with Crippen molar-refractivity contribution in [1.29, 1.82) is 0 Å². The molecule has 2 rings (SSSR count). The minimum atomic E-state index is -0.878. The maximum absolute atomic E-state index is 11.3. The van der Waals surface area contributed by atoms with Crippen LogP contribution in [0.3, 0.4) is 0 Å². The fourth-order valence-electron chi connectivity index (χ4n) is 2.71. The molecule has 1 unspecified atom stereocenters. The first-order valence-corrected chi connectivity index (χ1v) is 6.67. The average Bonchev–Trinajstić information content (AvgIpc) is 2.32. The Hall–Kier alpha value is -1.88. The van der Waals surface area contributed by atoms with Crippen molar-refractivity contribution in [2.75, 3.05) is 0 Å². The van der Waals surface area contributed by atoms with Gasteiger partial charge in [0.15, 0.2) is 0 Å². The van der Waals surface area contributed by atoms with Crippen LogP contribution in [0.1, 0.15) is 42.1 Å². The Morgan fingerprint density at radius 1 is 1.25 bits per heavy atom. The molecule has 3 N–H and O–H groups in total. The van der Waals surface area contributed by atoms with Gasteiger partial charge in [-0.15, -0.1) is 0 Å². The highest BCUT2D eigenvalue weighted by Gasteiger charge is 2.28. The van der Waals surface area contributed by atoms with Gasteiger partial charge in [-0.2, -0.15) is 0 Å². The predicted octanol–water partition coefficient (Wildman–Crippen LogP) is 1.49. The third kappa shape index (κ3) is 3.17. The summed E-state index contributed by atoms with van der Waals surface area (Å²) in [5, 5.41) is 22.5. The fraction of sp³-hybridized carbons (Fsp3) is 0.467. The van der Waals surface area contributed by atoms with Crippen LogP contribution in [0, 0.1) is 19.8 Å². The zero-order valence-electron chi connectivity index (χ0n) is 11.6. The first-order chi connectivity index (χ1) is 9.36. The van der Waals surface area contributed by atoms with Crippen LogP contribution < -0.4 is 5.32 Å². The number of hydrogen-bond acceptors (Lipinski definition) is 4. The number of nitrogens with one attached hydrogen (secondary N) is 1. The van der Waals surface area contributed by atoms with Gasteiger partial charge in [0, 0.05) is 18.4 Å². The van der Waals surface area contributed by atoms with Crippen LogP contribution in [0.4, 0.5) is 0 Å². The number of phenols is 1. The molecular weight excluding hydrogens is 258 g/mol. The van der Waals surface area contributed by atoms with Gasteiger partial charge in [-0.3, -0.25) is 14.9 Å². The van der Waals surface area contributed by atoms with Crippen molar-refractivity contribution in [3.8, 4) is 5.75 Å². The quantitative estimate of drug-likeness (QED) is 0.730.